The number of nitrogens with one attached hydrogen (secondary N) is 2. The number of phosphoric acid groups is 3. The molecule has 0 bridgehead atoms. The Morgan fingerprint density at radius 2 is 1.66 bits per heavy atom. The number of carboxylic acids is 1. The number of phosphoric ester groups is 1. The fraction of sp³-hybridized carbons (Fsp3) is 0.333. The van der Waals surface area contributed by atoms with Gasteiger partial charge in [-0.3, -0.25) is 28.7 Å². The molecule has 1 fully saturated rings. The molecule has 0 radical (unpaired) electrons. The maximum Gasteiger partial charge on any atom is 0.490 e. The minimum Gasteiger partial charge on any atom is -0.492 e. The lowest BCUT2D eigenvalue weighted by Gasteiger charge is -2.20. The van der Waals surface area contributed by atoms with Gasteiger partial charge in [-0.25, -0.2) is 28.1 Å². The van der Waals surface area contributed by atoms with Crippen molar-refractivity contribution in [1.82, 2.24) is 14.9 Å². The first-order chi connectivity index (χ1) is 40.3. The van der Waals surface area contributed by atoms with Crippen LogP contribution >= 0.6 is 23.5 Å². The van der Waals surface area contributed by atoms with E-state index in [0.717, 1.165) is 45.7 Å². The van der Waals surface area contributed by atoms with E-state index in [1.807, 2.05) is 50.0 Å². The van der Waals surface area contributed by atoms with E-state index in [9.17, 15) is 52.6 Å². The van der Waals surface area contributed by atoms with Crippen LogP contribution in [-0.2, 0) is 54.0 Å². The number of hydrogen-bond donors (Lipinski definition) is 7. The zero-order chi connectivity index (χ0) is 61.8. The number of hydrogen-bond acceptors (Lipinski definition) is 19. The largest absolute Gasteiger partial charge is 0.492 e. The van der Waals surface area contributed by atoms with E-state index in [2.05, 4.69) is 62.3 Å². The van der Waals surface area contributed by atoms with Gasteiger partial charge in [0.05, 0.1) is 42.3 Å². The molecule has 2 aliphatic heterocycles. The van der Waals surface area contributed by atoms with Gasteiger partial charge in [0.15, 0.2) is 6.61 Å². The van der Waals surface area contributed by atoms with Gasteiger partial charge in [0.25, 0.3) is 11.5 Å². The molecule has 448 valence electrons. The summed E-state index contributed by atoms with van der Waals surface area (Å²) < 4.78 is 76.8. The van der Waals surface area contributed by atoms with Crippen molar-refractivity contribution in [1.29, 1.82) is 0 Å². The summed E-state index contributed by atoms with van der Waals surface area (Å²) in [6, 6.07) is 16.2. The van der Waals surface area contributed by atoms with Crippen molar-refractivity contribution in [2.45, 2.75) is 71.9 Å². The van der Waals surface area contributed by atoms with E-state index in [4.69, 9.17) is 44.2 Å². The summed E-state index contributed by atoms with van der Waals surface area (Å²) >= 11 is 0. The van der Waals surface area contributed by atoms with Gasteiger partial charge >= 0.3 is 41.1 Å². The topological polar surface area (TPSA) is 458 Å². The van der Waals surface area contributed by atoms with Gasteiger partial charge in [-0.05, 0) is 121 Å². The molecule has 85 heavy (non-hydrogen) atoms. The van der Waals surface area contributed by atoms with Crippen molar-refractivity contribution in [2.75, 3.05) is 39.6 Å². The summed E-state index contributed by atoms with van der Waals surface area (Å²) in [4.78, 5) is 115. The molecule has 5 atom stereocenters. The Kier molecular flexibility index (Phi) is 21.3. The van der Waals surface area contributed by atoms with Crippen LogP contribution in [0, 0.1) is 25.7 Å². The highest BCUT2D eigenvalue weighted by Crippen LogP contribution is 2.66. The number of aromatic carboxylic acids is 1. The van der Waals surface area contributed by atoms with Crippen molar-refractivity contribution in [3.8, 4) is 40.0 Å². The van der Waals surface area contributed by atoms with Gasteiger partial charge in [0.2, 0.25) is 0 Å². The summed E-state index contributed by atoms with van der Waals surface area (Å²) in [6.07, 6.45) is -1.67. The minimum absolute atomic E-state index is 0.0352. The van der Waals surface area contributed by atoms with Gasteiger partial charge in [0, 0.05) is 57.1 Å². The lowest BCUT2D eigenvalue weighted by molar-refractivity contribution is -0.0601. The molecule has 0 saturated carbocycles. The number of carbonyl (C=O) groups is 3. The van der Waals surface area contributed by atoms with E-state index in [1.165, 1.54) is 36.4 Å². The predicted molar refractivity (Wildman–Crippen MR) is 298 cm³/mol. The molecule has 4 aromatic rings. The van der Waals surface area contributed by atoms with Crippen LogP contribution in [0.15, 0.2) is 96.1 Å². The molecule has 31 nitrogen and oxygen atoms in total. The fourth-order valence-corrected chi connectivity index (χ4v) is 12.0. The van der Waals surface area contributed by atoms with E-state index >= 15 is 0 Å². The average Bonchev–Trinajstić information content (AvgIpc) is 2.09. The molecule has 7 N–H and O–H groups in total. The second-order valence-electron chi connectivity index (χ2n) is 18.4. The van der Waals surface area contributed by atoms with E-state index in [-0.39, 0.29) is 59.7 Å². The second-order valence-corrected chi connectivity index (χ2v) is 22.8. The van der Waals surface area contributed by atoms with Crippen LogP contribution in [0.25, 0.3) is 54.3 Å². The first kappa shape index (κ1) is 64.3. The normalized spacial score (nSPS) is 16.5. The van der Waals surface area contributed by atoms with Crippen LogP contribution in [0.2, 0.25) is 0 Å². The third-order valence-corrected chi connectivity index (χ3v) is 16.4. The number of esters is 1. The van der Waals surface area contributed by atoms with E-state index < -0.39 is 90.9 Å². The quantitative estimate of drug-likeness (QED) is 0.00430. The van der Waals surface area contributed by atoms with Crippen LogP contribution < -0.4 is 26.7 Å². The van der Waals surface area contributed by atoms with Crippen LogP contribution in [0.1, 0.15) is 91.8 Å². The number of ether oxygens (including phenoxy) is 4. The standard InChI is InChI=1S/C51H53N10O21P3/c1-5-8-30-21-41-38(17-28(30)3)46(39-18-29(4)40(54-6-2)22-42(39)79-41)37-20-31(10-12-36(37)49(64)65)47(62)55-14-16-75-34-11-13-35(33(19-34)24-56-59-52)50(66)76-15-7-9-32-25-61(51(67)58-48(32)63)45-23-43(77-27-57-60-53)44(80-45)26-78-84(71,72)82-85(73,74)81-83(68,69)70/h10-13,17-22,25,43-45H,5-6,8,14-16,23-24,26-27H2,1-4H3,(H,55,62)(H,64,65)(H,71,72)(H,73,74)(H,58,63,67)(H2,68,69,70)/t43-,44-,45-/m1/s1. The molecule has 2 unspecified atom stereocenters. The SMILES string of the molecule is CCCc1cc2oc3cc(=NCC)c(C)cc-3c(-c3cc(C(=O)NCCOc4ccc(C(=O)OCC#Cc5cn([C@H]6C[C@@H](OCN=[N+]=[N-])[C@@H](COP(=O)(O)OP(=O)(O)OP(=O)(O)O)O6)c(=O)[nH]c5=O)c(CN=[N+]=[N-])c4)ccc3C(=O)O)c2cc1C. The van der Waals surface area contributed by atoms with E-state index in [0.29, 0.717) is 40.0 Å². The Bertz CT molecular complexity index is 4060. The highest BCUT2D eigenvalue weighted by molar-refractivity contribution is 7.66. The molecule has 0 spiro atoms. The Morgan fingerprint density at radius 1 is 0.906 bits per heavy atom. The van der Waals surface area contributed by atoms with Crippen LogP contribution in [0.3, 0.4) is 0 Å². The number of rotatable bonds is 25. The first-order valence-corrected chi connectivity index (χ1v) is 29.9. The van der Waals surface area contributed by atoms with Crippen LogP contribution in [0.5, 0.6) is 5.75 Å². The number of amides is 1. The Hall–Kier alpha value is -8.25. The molecule has 3 aliphatic rings. The zero-order valence-electron chi connectivity index (χ0n) is 45.3. The summed E-state index contributed by atoms with van der Waals surface area (Å²) in [5.41, 5.74) is 20.6. The van der Waals surface area contributed by atoms with Crippen molar-refractivity contribution in [3.63, 3.8) is 0 Å². The Balaban J connectivity index is 1.01. The molecular weight excluding hydrogens is 1180 g/mol. The number of aryl methyl sites for hydroxylation is 3. The lowest BCUT2D eigenvalue weighted by Crippen LogP contribution is -2.33. The zero-order valence-corrected chi connectivity index (χ0v) is 48.0. The number of H-pyrrole nitrogens is 1. The molecule has 34 heteroatoms. The number of azide groups is 2. The van der Waals surface area contributed by atoms with Gasteiger partial charge in [-0.2, -0.15) is 8.62 Å². The van der Waals surface area contributed by atoms with Gasteiger partial charge in [-0.1, -0.05) is 35.4 Å². The van der Waals surface area contributed by atoms with Crippen LogP contribution in [-0.4, -0.2) is 104 Å². The number of aromatic amines is 1. The summed E-state index contributed by atoms with van der Waals surface area (Å²) in [5.74, 6) is 2.95. The van der Waals surface area contributed by atoms with Gasteiger partial charge < -0.3 is 53.4 Å². The lowest BCUT2D eigenvalue weighted by atomic mass is 9.87. The monoisotopic (exact) mass is 1230 g/mol. The fourth-order valence-electron chi connectivity index (χ4n) is 8.93. The molecule has 3 aromatic carbocycles. The Morgan fingerprint density at radius 3 is 2.36 bits per heavy atom. The number of benzene rings is 4. The third-order valence-electron chi connectivity index (χ3n) is 12.6. The number of carboxylic acid groups (broad SMARTS) is 1. The summed E-state index contributed by atoms with van der Waals surface area (Å²) in [7, 11) is -17.2. The predicted octanol–water partition coefficient (Wildman–Crippen LogP) is 7.35. The van der Waals surface area contributed by atoms with Crippen molar-refractivity contribution in [3.05, 3.63) is 158 Å². The summed E-state index contributed by atoms with van der Waals surface area (Å²) in [5, 5.41) is 21.4. The number of carbonyl (C=O) groups excluding carboxylic acids is 2. The number of fused-ring (bicyclic) bond motifs is 2. The van der Waals surface area contributed by atoms with Crippen molar-refractivity contribution < 1.29 is 89.3 Å². The molecule has 1 aromatic heterocycles. The molecule has 7 rings (SSSR count). The minimum atomic E-state index is -5.88. The molecular formula is C51H53N10O21P3. The highest BCUT2D eigenvalue weighted by Gasteiger charge is 2.44. The molecule has 1 saturated heterocycles. The van der Waals surface area contributed by atoms with Crippen molar-refractivity contribution >= 4 is 52.3 Å². The second kappa shape index (κ2) is 28.1. The third kappa shape index (κ3) is 16.8. The molecule has 1 amide bonds. The molecule has 1 aliphatic carbocycles. The number of aromatic nitrogens is 2. The smallest absolute Gasteiger partial charge is 0.490 e. The maximum atomic E-state index is 13.8. The highest BCUT2D eigenvalue weighted by atomic mass is 31.3. The average molecular weight is 1230 g/mol. The number of nitrogens with zero attached hydrogens (tertiary/aromatic N) is 8. The summed E-state index contributed by atoms with van der Waals surface area (Å²) in [6.45, 7) is 5.69. The maximum absolute atomic E-state index is 13.8. The van der Waals surface area contributed by atoms with Crippen LogP contribution in [0.4, 0.5) is 0 Å². The van der Waals surface area contributed by atoms with E-state index in [1.54, 1.807) is 0 Å². The molecule has 3 heterocycles. The Labute approximate surface area is 480 Å². The first-order valence-electron chi connectivity index (χ1n) is 25.4. The van der Waals surface area contributed by atoms with Gasteiger partial charge in [0.1, 0.15) is 48.3 Å². The van der Waals surface area contributed by atoms with Gasteiger partial charge in [-0.15, -0.1) is 0 Å². The van der Waals surface area contributed by atoms with Crippen molar-refractivity contribution in [2.24, 2.45) is 15.2 Å².